The van der Waals surface area contributed by atoms with Crippen molar-refractivity contribution >= 4 is 41.7 Å². The number of pyridine rings is 1. The van der Waals surface area contributed by atoms with Crippen LogP contribution < -0.4 is 3.71 Å². The van der Waals surface area contributed by atoms with Gasteiger partial charge in [-0.3, -0.25) is 0 Å². The van der Waals surface area contributed by atoms with Gasteiger partial charge in [0, 0.05) is 0 Å². The zero-order valence-corrected chi connectivity index (χ0v) is 12.0. The van der Waals surface area contributed by atoms with Crippen LogP contribution in [0.2, 0.25) is 0 Å². The molecule has 0 aliphatic carbocycles. The zero-order chi connectivity index (χ0) is 13.4. The van der Waals surface area contributed by atoms with E-state index in [1.165, 1.54) is 6.07 Å². The molecule has 0 aromatic carbocycles. The smallest absolute Gasteiger partial charge is 0.211 e. The number of anilines is 1. The highest BCUT2D eigenvalue weighted by molar-refractivity contribution is 9.10. The Kier molecular flexibility index (Phi) is 3.79. The molecule has 10 heteroatoms. The van der Waals surface area contributed by atoms with Gasteiger partial charge in [-0.05, 0) is 28.1 Å². The van der Waals surface area contributed by atoms with E-state index in [0.29, 0.717) is 12.5 Å². The SMILES string of the molecule is CS(=O)(=O)N(c1ccc(Br)nc1F)S(C)(=O)=O. The van der Waals surface area contributed by atoms with Crippen molar-refractivity contribution in [2.24, 2.45) is 0 Å². The van der Waals surface area contributed by atoms with Crippen LogP contribution in [-0.4, -0.2) is 34.3 Å². The predicted molar refractivity (Wildman–Crippen MR) is 64.1 cm³/mol. The van der Waals surface area contributed by atoms with Crippen molar-refractivity contribution in [3.63, 3.8) is 0 Å². The van der Waals surface area contributed by atoms with E-state index in [4.69, 9.17) is 0 Å². The minimum Gasteiger partial charge on any atom is -0.211 e. The monoisotopic (exact) mass is 346 g/mol. The highest BCUT2D eigenvalue weighted by atomic mass is 79.9. The molecule has 0 N–H and O–H groups in total. The Balaban J connectivity index is 3.56. The second kappa shape index (κ2) is 4.50. The van der Waals surface area contributed by atoms with E-state index in [0.717, 1.165) is 6.07 Å². The minimum absolute atomic E-state index is 0.00519. The number of rotatable bonds is 3. The summed E-state index contributed by atoms with van der Waals surface area (Å²) in [6.07, 6.45) is 1.32. The van der Waals surface area contributed by atoms with Gasteiger partial charge in [-0.25, -0.2) is 21.8 Å². The summed E-state index contributed by atoms with van der Waals surface area (Å²) in [6.45, 7) is 0. The molecule has 0 fully saturated rings. The summed E-state index contributed by atoms with van der Waals surface area (Å²) in [6, 6.07) is 2.25. The topological polar surface area (TPSA) is 84.4 Å². The predicted octanol–water partition coefficient (Wildman–Crippen LogP) is 0.709. The molecule has 1 aromatic rings. The Morgan fingerprint density at radius 2 is 1.65 bits per heavy atom. The lowest BCUT2D eigenvalue weighted by molar-refractivity contribution is 0.571. The van der Waals surface area contributed by atoms with Crippen molar-refractivity contribution < 1.29 is 21.2 Å². The number of hydrogen-bond donors (Lipinski definition) is 0. The summed E-state index contributed by atoms with van der Waals surface area (Å²) in [5.41, 5.74) is -0.641. The lowest BCUT2D eigenvalue weighted by Gasteiger charge is -2.19. The van der Waals surface area contributed by atoms with Gasteiger partial charge in [-0.2, -0.15) is 8.10 Å². The third-order valence-electron chi connectivity index (χ3n) is 1.59. The van der Waals surface area contributed by atoms with E-state index < -0.39 is 31.7 Å². The van der Waals surface area contributed by atoms with Gasteiger partial charge in [0.25, 0.3) is 0 Å². The second-order valence-corrected chi connectivity index (χ2v) is 7.87. The maximum absolute atomic E-state index is 13.4. The van der Waals surface area contributed by atoms with Crippen molar-refractivity contribution in [3.05, 3.63) is 22.7 Å². The fraction of sp³-hybridized carbons (Fsp3) is 0.286. The first-order chi connectivity index (χ1) is 7.53. The lowest BCUT2D eigenvalue weighted by atomic mass is 10.4. The number of hydrogen-bond acceptors (Lipinski definition) is 5. The van der Waals surface area contributed by atoms with Crippen molar-refractivity contribution in [3.8, 4) is 0 Å². The van der Waals surface area contributed by atoms with Crippen LogP contribution in [-0.2, 0) is 20.0 Å². The first-order valence-corrected chi connectivity index (χ1v) is 8.55. The van der Waals surface area contributed by atoms with Gasteiger partial charge in [0.1, 0.15) is 10.3 Å². The van der Waals surface area contributed by atoms with E-state index in [1.807, 2.05) is 0 Å². The Morgan fingerprint density at radius 3 is 2.00 bits per heavy atom. The Morgan fingerprint density at radius 1 is 1.18 bits per heavy atom. The molecule has 1 rings (SSSR count). The van der Waals surface area contributed by atoms with E-state index in [1.54, 1.807) is 0 Å². The standard InChI is InChI=1S/C7H8BrFN2O4S2/c1-16(12,13)11(17(2,14)15)5-3-4-6(8)10-7(5)9/h3-4H,1-2H3. The Bertz CT molecular complexity index is 612. The molecule has 0 saturated heterocycles. The van der Waals surface area contributed by atoms with Crippen LogP contribution in [0.4, 0.5) is 10.1 Å². The van der Waals surface area contributed by atoms with Gasteiger partial charge >= 0.3 is 0 Å². The summed E-state index contributed by atoms with van der Waals surface area (Å²) in [4.78, 5) is 3.30. The number of aromatic nitrogens is 1. The quantitative estimate of drug-likeness (QED) is 0.752. The maximum atomic E-state index is 13.4. The summed E-state index contributed by atoms with van der Waals surface area (Å²) in [7, 11) is -8.32. The van der Waals surface area contributed by atoms with Gasteiger partial charge < -0.3 is 0 Å². The average Bonchev–Trinajstić information content (AvgIpc) is 2.04. The molecule has 0 atom stereocenters. The van der Waals surface area contributed by atoms with Crippen LogP contribution >= 0.6 is 15.9 Å². The van der Waals surface area contributed by atoms with Crippen LogP contribution in [0, 0.1) is 5.95 Å². The zero-order valence-electron chi connectivity index (χ0n) is 8.75. The molecule has 0 spiro atoms. The van der Waals surface area contributed by atoms with E-state index in [9.17, 15) is 21.2 Å². The molecule has 0 unspecified atom stereocenters. The molecule has 0 radical (unpaired) electrons. The molecule has 0 amide bonds. The van der Waals surface area contributed by atoms with Gasteiger partial charge in [-0.1, -0.05) is 0 Å². The Hall–Kier alpha value is -0.740. The van der Waals surface area contributed by atoms with Gasteiger partial charge in [0.15, 0.2) is 0 Å². The fourth-order valence-corrected chi connectivity index (χ4v) is 4.39. The van der Waals surface area contributed by atoms with Crippen LogP contribution in [0.5, 0.6) is 0 Å². The van der Waals surface area contributed by atoms with Crippen molar-refractivity contribution in [1.82, 2.24) is 4.98 Å². The molecule has 1 aromatic heterocycles. The summed E-state index contributed by atoms with van der Waals surface area (Å²) < 4.78 is 59.0. The van der Waals surface area contributed by atoms with Gasteiger partial charge in [0.2, 0.25) is 26.0 Å². The molecule has 96 valence electrons. The molecule has 0 aliphatic rings. The Labute approximate surface area is 107 Å². The number of sulfonamides is 2. The largest absolute Gasteiger partial charge is 0.245 e. The molecule has 6 nitrogen and oxygen atoms in total. The van der Waals surface area contributed by atoms with Gasteiger partial charge in [0.05, 0.1) is 12.5 Å². The molecule has 1 heterocycles. The molecular formula is C7H8BrFN2O4S2. The maximum Gasteiger partial charge on any atom is 0.245 e. The lowest BCUT2D eigenvalue weighted by Crippen LogP contribution is -2.36. The number of nitrogens with zero attached hydrogens (tertiary/aromatic N) is 2. The van der Waals surface area contributed by atoms with Crippen LogP contribution in [0.1, 0.15) is 0 Å². The van der Waals surface area contributed by atoms with Gasteiger partial charge in [-0.15, -0.1) is 0 Å². The molecule has 0 aliphatic heterocycles. The fourth-order valence-electron chi connectivity index (χ4n) is 1.14. The van der Waals surface area contributed by atoms with Crippen molar-refractivity contribution in [2.45, 2.75) is 0 Å². The van der Waals surface area contributed by atoms with E-state index in [-0.39, 0.29) is 8.31 Å². The molecule has 0 bridgehead atoms. The molecule has 17 heavy (non-hydrogen) atoms. The molecular weight excluding hydrogens is 339 g/mol. The summed E-state index contributed by atoms with van der Waals surface area (Å²) in [5.74, 6) is -1.20. The summed E-state index contributed by atoms with van der Waals surface area (Å²) in [5, 5.41) is 0. The summed E-state index contributed by atoms with van der Waals surface area (Å²) >= 11 is 2.88. The van der Waals surface area contributed by atoms with Crippen molar-refractivity contribution in [1.29, 1.82) is 0 Å². The average molecular weight is 347 g/mol. The first-order valence-electron chi connectivity index (χ1n) is 4.06. The first kappa shape index (κ1) is 14.3. The van der Waals surface area contributed by atoms with Crippen LogP contribution in [0.25, 0.3) is 0 Å². The third kappa shape index (κ3) is 3.36. The van der Waals surface area contributed by atoms with Crippen LogP contribution in [0.3, 0.4) is 0 Å². The normalized spacial score (nSPS) is 12.5. The third-order valence-corrected chi connectivity index (χ3v) is 5.26. The number of halogens is 2. The van der Waals surface area contributed by atoms with Crippen molar-refractivity contribution in [2.75, 3.05) is 16.2 Å². The highest BCUT2D eigenvalue weighted by Crippen LogP contribution is 2.24. The highest BCUT2D eigenvalue weighted by Gasteiger charge is 2.30. The van der Waals surface area contributed by atoms with E-state index in [2.05, 4.69) is 20.9 Å². The molecule has 0 saturated carbocycles. The van der Waals surface area contributed by atoms with Crippen LogP contribution in [0.15, 0.2) is 16.7 Å². The second-order valence-electron chi connectivity index (χ2n) is 3.17. The minimum atomic E-state index is -4.16. The van der Waals surface area contributed by atoms with E-state index >= 15 is 0 Å².